The zero-order chi connectivity index (χ0) is 14.5. The second kappa shape index (κ2) is 7.01. The van der Waals surface area contributed by atoms with Crippen molar-refractivity contribution in [2.75, 3.05) is 18.8 Å². The molecule has 108 valence electrons. The van der Waals surface area contributed by atoms with E-state index in [0.29, 0.717) is 13.1 Å². The highest BCUT2D eigenvalue weighted by atomic mass is 32.2. The Morgan fingerprint density at radius 1 is 1.26 bits per heavy atom. The van der Waals surface area contributed by atoms with Gasteiger partial charge in [0.15, 0.2) is 9.84 Å². The number of hydrogen-bond donors (Lipinski definition) is 1. The molecule has 1 aromatic carbocycles. The van der Waals surface area contributed by atoms with E-state index in [1.54, 1.807) is 19.9 Å². The highest BCUT2D eigenvalue weighted by molar-refractivity contribution is 7.92. The summed E-state index contributed by atoms with van der Waals surface area (Å²) < 4.78 is 36.1. The molecule has 1 rings (SSSR count). The molecule has 1 aromatic rings. The maximum Gasteiger partial charge on any atom is 0.153 e. The molecule has 0 unspecified atom stereocenters. The largest absolute Gasteiger partial charge is 0.315 e. The number of rotatable bonds is 7. The molecule has 0 heterocycles. The van der Waals surface area contributed by atoms with Crippen LogP contribution in [0.15, 0.2) is 18.2 Å². The first-order chi connectivity index (χ1) is 8.83. The van der Waals surface area contributed by atoms with E-state index in [0.717, 1.165) is 17.5 Å². The van der Waals surface area contributed by atoms with E-state index in [4.69, 9.17) is 0 Å². The van der Waals surface area contributed by atoms with Gasteiger partial charge in [-0.05, 0) is 57.0 Å². The van der Waals surface area contributed by atoms with Crippen molar-refractivity contribution < 1.29 is 12.8 Å². The fourth-order valence-corrected chi connectivity index (χ4v) is 2.64. The monoisotopic (exact) mass is 287 g/mol. The first-order valence-corrected chi connectivity index (χ1v) is 8.22. The first kappa shape index (κ1) is 16.1. The summed E-state index contributed by atoms with van der Waals surface area (Å²) in [6.45, 7) is 6.41. The summed E-state index contributed by atoms with van der Waals surface area (Å²) in [6, 6.07) is 4.74. The zero-order valence-electron chi connectivity index (χ0n) is 11.7. The van der Waals surface area contributed by atoms with Gasteiger partial charge in [0.25, 0.3) is 0 Å². The standard InChI is InChI=1S/C14H22FNO2S/c1-11(2)19(17,18)9-8-16-7-6-13-4-5-14(15)10-12(13)3/h4-5,10-11,16H,6-9H2,1-3H3. The highest BCUT2D eigenvalue weighted by Gasteiger charge is 2.14. The van der Waals surface area contributed by atoms with E-state index < -0.39 is 9.84 Å². The number of aryl methyl sites for hydroxylation is 1. The molecule has 0 aliphatic carbocycles. The van der Waals surface area contributed by atoms with E-state index in [9.17, 15) is 12.8 Å². The predicted octanol–water partition coefficient (Wildman–Crippen LogP) is 2.09. The number of halogens is 1. The first-order valence-electron chi connectivity index (χ1n) is 6.50. The van der Waals surface area contributed by atoms with Crippen LogP contribution in [-0.2, 0) is 16.3 Å². The molecule has 19 heavy (non-hydrogen) atoms. The number of nitrogens with one attached hydrogen (secondary N) is 1. The molecule has 3 nitrogen and oxygen atoms in total. The lowest BCUT2D eigenvalue weighted by Gasteiger charge is -2.09. The van der Waals surface area contributed by atoms with Gasteiger partial charge < -0.3 is 5.32 Å². The Labute approximate surface area is 115 Å². The lowest BCUT2D eigenvalue weighted by molar-refractivity contribution is 0.582. The third-order valence-corrected chi connectivity index (χ3v) is 5.37. The van der Waals surface area contributed by atoms with E-state index in [-0.39, 0.29) is 16.8 Å². The maximum atomic E-state index is 12.9. The lowest BCUT2D eigenvalue weighted by atomic mass is 10.1. The van der Waals surface area contributed by atoms with Crippen LogP contribution in [-0.4, -0.2) is 32.5 Å². The molecule has 0 saturated carbocycles. The lowest BCUT2D eigenvalue weighted by Crippen LogP contribution is -2.28. The van der Waals surface area contributed by atoms with E-state index in [1.165, 1.54) is 12.1 Å². The van der Waals surface area contributed by atoms with Crippen LogP contribution in [0.1, 0.15) is 25.0 Å². The Morgan fingerprint density at radius 3 is 2.53 bits per heavy atom. The van der Waals surface area contributed by atoms with Gasteiger partial charge in [-0.1, -0.05) is 6.07 Å². The molecule has 0 bridgehead atoms. The minimum atomic E-state index is -2.97. The smallest absolute Gasteiger partial charge is 0.153 e. The van der Waals surface area contributed by atoms with Crippen molar-refractivity contribution in [3.63, 3.8) is 0 Å². The summed E-state index contributed by atoms with van der Waals surface area (Å²) in [4.78, 5) is 0. The van der Waals surface area contributed by atoms with Gasteiger partial charge in [0.2, 0.25) is 0 Å². The quantitative estimate of drug-likeness (QED) is 0.781. The van der Waals surface area contributed by atoms with Gasteiger partial charge in [0.1, 0.15) is 5.82 Å². The van der Waals surface area contributed by atoms with Crippen molar-refractivity contribution in [2.45, 2.75) is 32.4 Å². The molecule has 1 N–H and O–H groups in total. The van der Waals surface area contributed by atoms with Crippen molar-refractivity contribution >= 4 is 9.84 Å². The molecule has 0 saturated heterocycles. The molecule has 0 fully saturated rings. The number of benzene rings is 1. The number of hydrogen-bond acceptors (Lipinski definition) is 3. The van der Waals surface area contributed by atoms with Crippen LogP contribution in [0.3, 0.4) is 0 Å². The third-order valence-electron chi connectivity index (χ3n) is 3.16. The Morgan fingerprint density at radius 2 is 1.95 bits per heavy atom. The van der Waals surface area contributed by atoms with Gasteiger partial charge in [-0.25, -0.2) is 12.8 Å². The van der Waals surface area contributed by atoms with Crippen molar-refractivity contribution in [3.05, 3.63) is 35.1 Å². The normalized spacial score (nSPS) is 12.1. The minimum Gasteiger partial charge on any atom is -0.315 e. The Kier molecular flexibility index (Phi) is 5.94. The number of sulfone groups is 1. The van der Waals surface area contributed by atoms with Crippen LogP contribution in [0.5, 0.6) is 0 Å². The van der Waals surface area contributed by atoms with Crippen LogP contribution in [0.2, 0.25) is 0 Å². The molecule has 0 aliphatic heterocycles. The molecular formula is C14H22FNO2S. The van der Waals surface area contributed by atoms with Crippen LogP contribution >= 0.6 is 0 Å². The van der Waals surface area contributed by atoms with Crippen LogP contribution in [0.25, 0.3) is 0 Å². The van der Waals surface area contributed by atoms with E-state index in [1.807, 2.05) is 6.92 Å². The van der Waals surface area contributed by atoms with Crippen molar-refractivity contribution in [1.82, 2.24) is 5.32 Å². The maximum absolute atomic E-state index is 12.9. The van der Waals surface area contributed by atoms with Gasteiger partial charge in [-0.2, -0.15) is 0 Å². The molecule has 0 atom stereocenters. The van der Waals surface area contributed by atoms with Gasteiger partial charge >= 0.3 is 0 Å². The fraction of sp³-hybridized carbons (Fsp3) is 0.571. The van der Waals surface area contributed by atoms with Crippen molar-refractivity contribution in [2.24, 2.45) is 0 Å². The van der Waals surface area contributed by atoms with Crippen molar-refractivity contribution in [1.29, 1.82) is 0 Å². The molecular weight excluding hydrogens is 265 g/mol. The predicted molar refractivity (Wildman–Crippen MR) is 76.6 cm³/mol. The van der Waals surface area contributed by atoms with Crippen LogP contribution < -0.4 is 5.32 Å². The SMILES string of the molecule is Cc1cc(F)ccc1CCNCCS(=O)(=O)C(C)C. The Hall–Kier alpha value is -0.940. The van der Waals surface area contributed by atoms with Crippen LogP contribution in [0, 0.1) is 12.7 Å². The van der Waals surface area contributed by atoms with E-state index in [2.05, 4.69) is 5.32 Å². The fourth-order valence-electron chi connectivity index (χ4n) is 1.74. The summed E-state index contributed by atoms with van der Waals surface area (Å²) in [5, 5.41) is 2.79. The van der Waals surface area contributed by atoms with E-state index >= 15 is 0 Å². The van der Waals surface area contributed by atoms with Gasteiger partial charge in [0, 0.05) is 6.54 Å². The topological polar surface area (TPSA) is 46.2 Å². The molecule has 0 aliphatic rings. The molecule has 5 heteroatoms. The zero-order valence-corrected chi connectivity index (χ0v) is 12.6. The third kappa shape index (κ3) is 5.28. The van der Waals surface area contributed by atoms with Gasteiger partial charge in [-0.15, -0.1) is 0 Å². The summed E-state index contributed by atoms with van der Waals surface area (Å²) in [7, 11) is -2.97. The molecule has 0 spiro atoms. The second-order valence-electron chi connectivity index (χ2n) is 4.99. The average Bonchev–Trinajstić information content (AvgIpc) is 2.31. The average molecular weight is 287 g/mol. The minimum absolute atomic E-state index is 0.160. The summed E-state index contributed by atoms with van der Waals surface area (Å²) >= 11 is 0. The summed E-state index contributed by atoms with van der Waals surface area (Å²) in [5.41, 5.74) is 2.01. The van der Waals surface area contributed by atoms with Gasteiger partial charge in [-0.3, -0.25) is 0 Å². The second-order valence-corrected chi connectivity index (χ2v) is 7.66. The highest BCUT2D eigenvalue weighted by Crippen LogP contribution is 2.10. The summed E-state index contributed by atoms with van der Waals surface area (Å²) in [6.07, 6.45) is 0.772. The Bertz CT molecular complexity index is 512. The summed E-state index contributed by atoms with van der Waals surface area (Å²) in [5.74, 6) is -0.0650. The van der Waals surface area contributed by atoms with Gasteiger partial charge in [0.05, 0.1) is 11.0 Å². The van der Waals surface area contributed by atoms with Crippen LogP contribution in [0.4, 0.5) is 4.39 Å². The Balaban J connectivity index is 2.32. The molecule has 0 aromatic heterocycles. The molecule has 0 amide bonds. The molecule has 0 radical (unpaired) electrons. The van der Waals surface area contributed by atoms with Crippen molar-refractivity contribution in [3.8, 4) is 0 Å².